The molecular formula is C20H22. The van der Waals surface area contributed by atoms with Crippen molar-refractivity contribution in [3.63, 3.8) is 0 Å². The molecule has 3 rings (SSSR count). The van der Waals surface area contributed by atoms with Crippen LogP contribution in [0.4, 0.5) is 0 Å². The van der Waals surface area contributed by atoms with Gasteiger partial charge in [0.15, 0.2) is 0 Å². The molecule has 0 nitrogen and oxygen atoms in total. The molecule has 0 atom stereocenters. The molecule has 0 unspecified atom stereocenters. The average Bonchev–Trinajstić information content (AvgIpc) is 2.90. The molecule has 1 aliphatic carbocycles. The fourth-order valence-electron chi connectivity index (χ4n) is 3.25. The van der Waals surface area contributed by atoms with E-state index in [-0.39, 0.29) is 0 Å². The second-order valence-electron chi connectivity index (χ2n) is 5.67. The highest BCUT2D eigenvalue weighted by Crippen LogP contribution is 2.38. The first-order chi connectivity index (χ1) is 9.74. The van der Waals surface area contributed by atoms with E-state index in [4.69, 9.17) is 0 Å². The maximum Gasteiger partial charge on any atom is -0.00577 e. The number of fused-ring (bicyclic) bond motifs is 1. The molecule has 0 N–H and O–H groups in total. The van der Waals surface area contributed by atoms with Crippen LogP contribution in [-0.4, -0.2) is 0 Å². The third kappa shape index (κ3) is 2.10. The minimum absolute atomic E-state index is 1.09. The zero-order valence-corrected chi connectivity index (χ0v) is 12.7. The molecule has 2 aromatic rings. The van der Waals surface area contributed by atoms with E-state index in [0.29, 0.717) is 0 Å². The summed E-state index contributed by atoms with van der Waals surface area (Å²) in [5.74, 6) is 0. The lowest BCUT2D eigenvalue weighted by Gasteiger charge is -2.15. The summed E-state index contributed by atoms with van der Waals surface area (Å²) in [6.07, 6.45) is 5.80. The highest BCUT2D eigenvalue weighted by atomic mass is 14.2. The smallest absolute Gasteiger partial charge is 0.00577 e. The van der Waals surface area contributed by atoms with Crippen molar-refractivity contribution in [3.8, 4) is 11.1 Å². The number of rotatable bonds is 3. The molecule has 1 aliphatic rings. The highest BCUT2D eigenvalue weighted by molar-refractivity contribution is 5.84. The predicted molar refractivity (Wildman–Crippen MR) is 88.0 cm³/mol. The second-order valence-corrected chi connectivity index (χ2v) is 5.67. The summed E-state index contributed by atoms with van der Waals surface area (Å²) >= 11 is 0. The van der Waals surface area contributed by atoms with E-state index >= 15 is 0 Å². The van der Waals surface area contributed by atoms with Crippen molar-refractivity contribution in [1.82, 2.24) is 0 Å². The Morgan fingerprint density at radius 1 is 0.950 bits per heavy atom. The number of hydrogen-bond acceptors (Lipinski definition) is 0. The van der Waals surface area contributed by atoms with Crippen LogP contribution in [0.3, 0.4) is 0 Å². The summed E-state index contributed by atoms with van der Waals surface area (Å²) in [5.41, 5.74) is 10.2. The van der Waals surface area contributed by atoms with Crippen LogP contribution in [0.5, 0.6) is 0 Å². The van der Waals surface area contributed by atoms with Gasteiger partial charge in [-0.3, -0.25) is 0 Å². The Morgan fingerprint density at radius 2 is 1.75 bits per heavy atom. The molecule has 0 heteroatoms. The number of aryl methyl sites for hydroxylation is 2. The molecule has 0 heterocycles. The van der Waals surface area contributed by atoms with E-state index in [1.54, 1.807) is 5.57 Å². The molecule has 0 saturated heterocycles. The van der Waals surface area contributed by atoms with Gasteiger partial charge in [0.05, 0.1) is 0 Å². The highest BCUT2D eigenvalue weighted by Gasteiger charge is 2.18. The number of hydrogen-bond donors (Lipinski definition) is 0. The second kappa shape index (κ2) is 5.28. The summed E-state index contributed by atoms with van der Waals surface area (Å²) < 4.78 is 0. The van der Waals surface area contributed by atoms with Crippen LogP contribution in [0.15, 0.2) is 42.0 Å². The van der Waals surface area contributed by atoms with E-state index in [1.165, 1.54) is 33.4 Å². The Kier molecular flexibility index (Phi) is 3.48. The molecule has 102 valence electrons. The Morgan fingerprint density at radius 3 is 2.50 bits per heavy atom. The molecule has 20 heavy (non-hydrogen) atoms. The largest absolute Gasteiger partial charge is 0.0655 e. The summed E-state index contributed by atoms with van der Waals surface area (Å²) in [7, 11) is 0. The van der Waals surface area contributed by atoms with E-state index in [2.05, 4.69) is 63.2 Å². The van der Waals surface area contributed by atoms with E-state index in [1.807, 2.05) is 0 Å². The van der Waals surface area contributed by atoms with Crippen molar-refractivity contribution < 1.29 is 0 Å². The summed E-state index contributed by atoms with van der Waals surface area (Å²) in [5, 5.41) is 0. The van der Waals surface area contributed by atoms with Crippen molar-refractivity contribution in [3.05, 3.63) is 64.2 Å². The van der Waals surface area contributed by atoms with Crippen LogP contribution in [0, 0.1) is 6.92 Å². The molecule has 0 aromatic heterocycles. The lowest BCUT2D eigenvalue weighted by atomic mass is 9.89. The van der Waals surface area contributed by atoms with Gasteiger partial charge in [0.1, 0.15) is 0 Å². The minimum Gasteiger partial charge on any atom is -0.0655 e. The van der Waals surface area contributed by atoms with Gasteiger partial charge in [-0.2, -0.15) is 0 Å². The molecule has 0 radical (unpaired) electrons. The summed E-state index contributed by atoms with van der Waals surface area (Å²) in [6.45, 7) is 6.73. The monoisotopic (exact) mass is 262 g/mol. The van der Waals surface area contributed by atoms with Crippen molar-refractivity contribution >= 4 is 6.08 Å². The number of allylic oxidation sites excluding steroid dienone is 1. The topological polar surface area (TPSA) is 0 Å². The Bertz CT molecular complexity index is 674. The van der Waals surface area contributed by atoms with Gasteiger partial charge in [0.2, 0.25) is 0 Å². The molecule has 0 spiro atoms. The fourth-order valence-corrected chi connectivity index (χ4v) is 3.25. The third-order valence-corrected chi connectivity index (χ3v) is 4.43. The van der Waals surface area contributed by atoms with Crippen LogP contribution < -0.4 is 0 Å². The molecule has 0 saturated carbocycles. The average molecular weight is 262 g/mol. The normalized spacial score (nSPS) is 13.2. The van der Waals surface area contributed by atoms with E-state index in [0.717, 1.165) is 19.3 Å². The molecule has 0 amide bonds. The molecule has 0 aliphatic heterocycles. The van der Waals surface area contributed by atoms with Crippen LogP contribution in [0.25, 0.3) is 17.2 Å². The number of benzene rings is 2. The first kappa shape index (κ1) is 13.2. The molecular weight excluding hydrogens is 240 g/mol. The van der Waals surface area contributed by atoms with Crippen LogP contribution in [-0.2, 0) is 12.8 Å². The van der Waals surface area contributed by atoms with Crippen molar-refractivity contribution in [2.75, 3.05) is 0 Å². The van der Waals surface area contributed by atoms with Crippen molar-refractivity contribution in [2.45, 2.75) is 40.0 Å². The van der Waals surface area contributed by atoms with Gasteiger partial charge < -0.3 is 0 Å². The van der Waals surface area contributed by atoms with Gasteiger partial charge in [-0.1, -0.05) is 61.9 Å². The molecule has 2 aromatic carbocycles. The van der Waals surface area contributed by atoms with Gasteiger partial charge in [0.25, 0.3) is 0 Å². The van der Waals surface area contributed by atoms with Gasteiger partial charge in [0, 0.05) is 0 Å². The van der Waals surface area contributed by atoms with Gasteiger partial charge in [-0.25, -0.2) is 0 Å². The lowest BCUT2D eigenvalue weighted by Crippen LogP contribution is -1.95. The first-order valence-electron chi connectivity index (χ1n) is 7.64. The van der Waals surface area contributed by atoms with Crippen molar-refractivity contribution in [2.24, 2.45) is 0 Å². The van der Waals surface area contributed by atoms with Gasteiger partial charge >= 0.3 is 0 Å². The maximum absolute atomic E-state index is 2.42. The van der Waals surface area contributed by atoms with Crippen molar-refractivity contribution in [1.29, 1.82) is 0 Å². The lowest BCUT2D eigenvalue weighted by molar-refractivity contribution is 1.04. The first-order valence-corrected chi connectivity index (χ1v) is 7.64. The fraction of sp³-hybridized carbons (Fsp3) is 0.300. The van der Waals surface area contributed by atoms with Crippen LogP contribution in [0.2, 0.25) is 0 Å². The summed E-state index contributed by atoms with van der Waals surface area (Å²) in [6, 6.07) is 13.4. The maximum atomic E-state index is 2.42. The molecule has 0 fully saturated rings. The minimum atomic E-state index is 1.09. The summed E-state index contributed by atoms with van der Waals surface area (Å²) in [4.78, 5) is 0. The third-order valence-electron chi connectivity index (χ3n) is 4.43. The standard InChI is InChI=1S/C20H22/c1-4-15-12-17-11-10-14(3)20(19(17)13-15)18-9-7-6-8-16(18)5-2/h6-11,13H,4-5,12H2,1-3H3. The van der Waals surface area contributed by atoms with Crippen LogP contribution in [0.1, 0.15) is 42.5 Å². The Hall–Kier alpha value is -1.82. The zero-order chi connectivity index (χ0) is 14.1. The van der Waals surface area contributed by atoms with Gasteiger partial charge in [-0.15, -0.1) is 0 Å². The predicted octanol–water partition coefficient (Wildman–Crippen LogP) is 5.57. The molecule has 0 bridgehead atoms. The van der Waals surface area contributed by atoms with E-state index in [9.17, 15) is 0 Å². The zero-order valence-electron chi connectivity index (χ0n) is 12.7. The Balaban J connectivity index is 2.25. The quantitative estimate of drug-likeness (QED) is 0.678. The van der Waals surface area contributed by atoms with Crippen LogP contribution >= 0.6 is 0 Å². The van der Waals surface area contributed by atoms with E-state index < -0.39 is 0 Å². The van der Waals surface area contributed by atoms with Gasteiger partial charge in [-0.05, 0) is 59.6 Å². The Labute approximate surface area is 122 Å². The SMILES string of the molecule is CCC1=Cc2c(ccc(C)c2-c2ccccc2CC)C1.